The first-order valence-corrected chi connectivity index (χ1v) is 20.3. The topological polar surface area (TPSA) is 11.4 Å². The summed E-state index contributed by atoms with van der Waals surface area (Å²) < 4.78 is 2.52. The van der Waals surface area contributed by atoms with Crippen LogP contribution in [-0.4, -0.2) is 4.57 Å². The van der Waals surface area contributed by atoms with Crippen LogP contribution in [0.15, 0.2) is 176 Å². The minimum absolute atomic E-state index is 0.286. The summed E-state index contributed by atoms with van der Waals surface area (Å²) in [6.45, 7) is 13.4. The van der Waals surface area contributed by atoms with E-state index in [-0.39, 0.29) is 5.41 Å². The Kier molecular flexibility index (Phi) is 8.38. The molecule has 282 valence electrons. The molecule has 0 unspecified atom stereocenters. The number of benzene rings is 8. The summed E-state index contributed by atoms with van der Waals surface area (Å²) in [5.74, 6) is 0. The highest BCUT2D eigenvalue weighted by molar-refractivity contribution is 6.14. The second-order valence-electron chi connectivity index (χ2n) is 16.6. The number of anilines is 6. The molecule has 0 amide bonds. The molecule has 1 aliphatic rings. The summed E-state index contributed by atoms with van der Waals surface area (Å²) in [5.41, 5.74) is 20.5. The van der Waals surface area contributed by atoms with Crippen molar-refractivity contribution in [2.24, 2.45) is 0 Å². The lowest BCUT2D eigenvalue weighted by Crippen LogP contribution is -2.18. The monoisotopic (exact) mass is 749 g/mol. The van der Waals surface area contributed by atoms with E-state index in [1.165, 1.54) is 66.3 Å². The Bertz CT molecular complexity index is 2880. The normalized spacial score (nSPS) is 12.8. The molecule has 58 heavy (non-hydrogen) atoms. The second-order valence-corrected chi connectivity index (χ2v) is 16.6. The molecule has 9 aromatic rings. The van der Waals surface area contributed by atoms with Gasteiger partial charge >= 0.3 is 0 Å². The van der Waals surface area contributed by atoms with Gasteiger partial charge < -0.3 is 14.4 Å². The van der Waals surface area contributed by atoms with Crippen molar-refractivity contribution in [3.05, 3.63) is 209 Å². The number of rotatable bonds is 7. The maximum atomic E-state index is 2.52. The lowest BCUT2D eigenvalue weighted by Gasteiger charge is -2.28. The summed E-state index contributed by atoms with van der Waals surface area (Å²) in [7, 11) is 0. The average molecular weight is 750 g/mol. The fourth-order valence-corrected chi connectivity index (χ4v) is 9.16. The highest BCUT2D eigenvalue weighted by Gasteiger charge is 2.39. The van der Waals surface area contributed by atoms with Gasteiger partial charge in [0.2, 0.25) is 0 Å². The minimum atomic E-state index is -0.286. The van der Waals surface area contributed by atoms with Crippen molar-refractivity contribution in [3.8, 4) is 16.8 Å². The van der Waals surface area contributed by atoms with Crippen molar-refractivity contribution in [3.63, 3.8) is 0 Å². The van der Waals surface area contributed by atoms with Gasteiger partial charge in [0.05, 0.1) is 11.0 Å². The van der Waals surface area contributed by atoms with Gasteiger partial charge in [0.25, 0.3) is 0 Å². The third-order valence-corrected chi connectivity index (χ3v) is 12.2. The summed E-state index contributed by atoms with van der Waals surface area (Å²) in [4.78, 5) is 4.77. The van der Waals surface area contributed by atoms with E-state index in [9.17, 15) is 0 Å². The first-order valence-electron chi connectivity index (χ1n) is 20.3. The highest BCUT2D eigenvalue weighted by atomic mass is 15.1. The van der Waals surface area contributed by atoms with E-state index in [1.807, 2.05) is 0 Å². The molecule has 3 nitrogen and oxygen atoms in total. The average Bonchev–Trinajstić information content (AvgIpc) is 3.68. The molecule has 3 heteroatoms. The Morgan fingerprint density at radius 2 is 0.810 bits per heavy atom. The van der Waals surface area contributed by atoms with Gasteiger partial charge in [0, 0.05) is 56.0 Å². The second kappa shape index (κ2) is 13.7. The minimum Gasteiger partial charge on any atom is -0.310 e. The number of fused-ring (bicyclic) bond motifs is 7. The molecule has 0 atom stereocenters. The van der Waals surface area contributed by atoms with E-state index in [1.54, 1.807) is 0 Å². The fourth-order valence-electron chi connectivity index (χ4n) is 9.16. The number of aromatic nitrogens is 1. The van der Waals surface area contributed by atoms with Gasteiger partial charge in [-0.15, -0.1) is 0 Å². The number of hydrogen-bond acceptors (Lipinski definition) is 2. The fraction of sp³-hybridized carbons (Fsp3) is 0.127. The number of para-hydroxylation sites is 1. The number of nitrogens with zero attached hydrogens (tertiary/aromatic N) is 3. The molecule has 0 aliphatic heterocycles. The maximum absolute atomic E-state index is 2.52. The molecule has 1 heterocycles. The molecule has 10 rings (SSSR count). The zero-order valence-electron chi connectivity index (χ0n) is 34.1. The van der Waals surface area contributed by atoms with Crippen molar-refractivity contribution < 1.29 is 0 Å². The summed E-state index contributed by atoms with van der Waals surface area (Å²) >= 11 is 0. The van der Waals surface area contributed by atoms with Gasteiger partial charge in [-0.2, -0.15) is 0 Å². The Morgan fingerprint density at radius 1 is 0.397 bits per heavy atom. The Hall–Kier alpha value is -6.84. The van der Waals surface area contributed by atoms with Crippen LogP contribution in [0.1, 0.15) is 47.2 Å². The van der Waals surface area contributed by atoms with E-state index in [0.29, 0.717) is 0 Å². The van der Waals surface area contributed by atoms with Crippen LogP contribution >= 0.6 is 0 Å². The summed E-state index contributed by atoms with van der Waals surface area (Å²) in [6.07, 6.45) is 0. The Morgan fingerprint density at radius 3 is 1.31 bits per heavy atom. The molecule has 8 aromatic carbocycles. The van der Waals surface area contributed by atoms with Gasteiger partial charge in [0.1, 0.15) is 0 Å². The first-order chi connectivity index (χ1) is 28.2. The van der Waals surface area contributed by atoms with Crippen molar-refractivity contribution >= 4 is 55.9 Å². The molecule has 0 radical (unpaired) electrons. The standard InChI is InChI=1S/C55H47N3/c1-36-12-20-41(21-13-36)56(42-22-14-37(2)15-23-42)45-28-30-47-49-32-33-50-48-31-29-46(57(43-24-16-38(3)17-25-43)44-26-18-39(4)19-27-44)35-52(48)58(40-10-8-7-9-11-40)54(50)53(49)55(5,6)51(47)34-45/h7-35H,1-6H3. The Labute approximate surface area is 342 Å². The van der Waals surface area contributed by atoms with Crippen molar-refractivity contribution in [2.45, 2.75) is 47.0 Å². The van der Waals surface area contributed by atoms with Crippen molar-refractivity contribution in [1.29, 1.82) is 0 Å². The third kappa shape index (κ3) is 5.80. The summed E-state index contributed by atoms with van der Waals surface area (Å²) in [6, 6.07) is 65.2. The van der Waals surface area contributed by atoms with Gasteiger partial charge in [0.15, 0.2) is 0 Å². The van der Waals surface area contributed by atoms with Gasteiger partial charge in [-0.05, 0) is 135 Å². The molecule has 0 fully saturated rings. The molecule has 1 aromatic heterocycles. The number of aryl methyl sites for hydroxylation is 4. The molecule has 0 saturated carbocycles. The van der Waals surface area contributed by atoms with Crippen LogP contribution < -0.4 is 9.80 Å². The molecular formula is C55H47N3. The third-order valence-electron chi connectivity index (χ3n) is 12.2. The zero-order chi connectivity index (χ0) is 39.7. The van der Waals surface area contributed by atoms with Crippen LogP contribution in [0.25, 0.3) is 38.6 Å². The van der Waals surface area contributed by atoms with Crippen LogP contribution in [0, 0.1) is 27.7 Å². The SMILES string of the molecule is Cc1ccc(N(c2ccc(C)cc2)c2ccc3c(c2)C(C)(C)c2c-3ccc3c4ccc(N(c5ccc(C)cc5)c5ccc(C)cc5)cc4n(-c4ccccc4)c23)cc1. The molecule has 0 spiro atoms. The van der Waals surface area contributed by atoms with Gasteiger partial charge in [-0.1, -0.05) is 127 Å². The molecule has 1 aliphatic carbocycles. The number of hydrogen-bond donors (Lipinski definition) is 0. The molecule has 0 N–H and O–H groups in total. The maximum Gasteiger partial charge on any atom is 0.0588 e. The van der Waals surface area contributed by atoms with Crippen LogP contribution in [-0.2, 0) is 5.41 Å². The molecular weight excluding hydrogens is 703 g/mol. The lowest BCUT2D eigenvalue weighted by atomic mass is 9.81. The zero-order valence-corrected chi connectivity index (χ0v) is 34.1. The lowest BCUT2D eigenvalue weighted by molar-refractivity contribution is 0.664. The molecule has 0 bridgehead atoms. The van der Waals surface area contributed by atoms with Gasteiger partial charge in [-0.3, -0.25) is 0 Å². The predicted octanol–water partition coefficient (Wildman–Crippen LogP) is 15.3. The van der Waals surface area contributed by atoms with Crippen LogP contribution in [0.5, 0.6) is 0 Å². The van der Waals surface area contributed by atoms with Crippen LogP contribution in [0.3, 0.4) is 0 Å². The van der Waals surface area contributed by atoms with Crippen molar-refractivity contribution in [2.75, 3.05) is 9.80 Å². The van der Waals surface area contributed by atoms with E-state index in [0.717, 1.165) is 39.8 Å². The van der Waals surface area contributed by atoms with E-state index in [4.69, 9.17) is 0 Å². The quantitative estimate of drug-likeness (QED) is 0.161. The van der Waals surface area contributed by atoms with Gasteiger partial charge in [-0.25, -0.2) is 0 Å². The van der Waals surface area contributed by atoms with Crippen molar-refractivity contribution in [1.82, 2.24) is 4.57 Å². The predicted molar refractivity (Wildman–Crippen MR) is 247 cm³/mol. The van der Waals surface area contributed by atoms with E-state index >= 15 is 0 Å². The van der Waals surface area contributed by atoms with E-state index < -0.39 is 0 Å². The van der Waals surface area contributed by atoms with Crippen LogP contribution in [0.4, 0.5) is 34.1 Å². The summed E-state index contributed by atoms with van der Waals surface area (Å²) in [5, 5.41) is 2.51. The smallest absolute Gasteiger partial charge is 0.0588 e. The van der Waals surface area contributed by atoms with Crippen LogP contribution in [0.2, 0.25) is 0 Å². The largest absolute Gasteiger partial charge is 0.310 e. The Balaban J connectivity index is 1.19. The van der Waals surface area contributed by atoms with E-state index in [2.05, 4.69) is 232 Å². The highest BCUT2D eigenvalue weighted by Crippen LogP contribution is 2.54. The first kappa shape index (κ1) is 35.6. The molecule has 0 saturated heterocycles.